The quantitative estimate of drug-likeness (QED) is 0.735. The molecule has 0 unspecified atom stereocenters. The molecule has 0 radical (unpaired) electrons. The molecule has 0 N–H and O–H groups in total. The first-order chi connectivity index (χ1) is 12.2. The summed E-state index contributed by atoms with van der Waals surface area (Å²) in [6.45, 7) is 1.63. The molecule has 0 saturated carbocycles. The highest BCUT2D eigenvalue weighted by Crippen LogP contribution is 2.26. The topological polar surface area (TPSA) is 38.1 Å². The van der Waals surface area contributed by atoms with Gasteiger partial charge in [-0.25, -0.2) is 4.98 Å². The molecule has 2 aromatic carbocycles. The fourth-order valence-electron chi connectivity index (χ4n) is 3.82. The van der Waals surface area contributed by atoms with Crippen LogP contribution in [0.25, 0.3) is 10.8 Å². The van der Waals surface area contributed by atoms with Crippen LogP contribution in [0.2, 0.25) is 0 Å². The molecule has 1 aromatic heterocycles. The van der Waals surface area contributed by atoms with Crippen LogP contribution in [-0.4, -0.2) is 33.4 Å². The second kappa shape index (κ2) is 6.71. The average molecular weight is 333 g/mol. The van der Waals surface area contributed by atoms with E-state index in [1.54, 1.807) is 0 Å². The fourth-order valence-corrected chi connectivity index (χ4v) is 3.82. The molecule has 1 saturated heterocycles. The van der Waals surface area contributed by atoms with Gasteiger partial charge in [-0.15, -0.1) is 0 Å². The van der Waals surface area contributed by atoms with Crippen molar-refractivity contribution in [2.24, 2.45) is 7.05 Å². The third kappa shape index (κ3) is 3.29. The molecule has 4 rings (SSSR count). The normalized spacial score (nSPS) is 17.8. The van der Waals surface area contributed by atoms with E-state index in [1.165, 1.54) is 10.8 Å². The van der Waals surface area contributed by atoms with E-state index in [0.717, 1.165) is 37.3 Å². The second-order valence-electron chi connectivity index (χ2n) is 6.93. The fraction of sp³-hybridized carbons (Fsp3) is 0.333. The zero-order chi connectivity index (χ0) is 17.2. The first kappa shape index (κ1) is 15.9. The van der Waals surface area contributed by atoms with Crippen molar-refractivity contribution in [3.63, 3.8) is 0 Å². The van der Waals surface area contributed by atoms with Crippen LogP contribution in [0.15, 0.2) is 54.9 Å². The highest BCUT2D eigenvalue weighted by Gasteiger charge is 2.26. The van der Waals surface area contributed by atoms with Crippen molar-refractivity contribution in [2.75, 3.05) is 13.1 Å². The van der Waals surface area contributed by atoms with Crippen LogP contribution in [-0.2, 0) is 18.3 Å². The van der Waals surface area contributed by atoms with Crippen molar-refractivity contribution in [2.45, 2.75) is 25.2 Å². The molecule has 1 atom stereocenters. The number of hydrogen-bond acceptors (Lipinski definition) is 2. The summed E-state index contributed by atoms with van der Waals surface area (Å²) in [5.41, 5.74) is 1.09. The van der Waals surface area contributed by atoms with Gasteiger partial charge in [0.15, 0.2) is 0 Å². The molecule has 1 aliphatic rings. The third-order valence-corrected chi connectivity index (χ3v) is 5.17. The van der Waals surface area contributed by atoms with Crippen LogP contribution in [0, 0.1) is 0 Å². The van der Waals surface area contributed by atoms with Crippen LogP contribution < -0.4 is 0 Å². The van der Waals surface area contributed by atoms with Gasteiger partial charge < -0.3 is 9.47 Å². The largest absolute Gasteiger partial charge is 0.342 e. The number of amides is 1. The Morgan fingerprint density at radius 1 is 1.20 bits per heavy atom. The summed E-state index contributed by atoms with van der Waals surface area (Å²) in [6, 6.07) is 14.6. The molecule has 25 heavy (non-hydrogen) atoms. The Hall–Kier alpha value is -2.62. The van der Waals surface area contributed by atoms with Gasteiger partial charge in [-0.2, -0.15) is 0 Å². The lowest BCUT2D eigenvalue weighted by molar-refractivity contribution is -0.131. The lowest BCUT2D eigenvalue weighted by Gasteiger charge is -2.32. The van der Waals surface area contributed by atoms with E-state index in [1.807, 2.05) is 36.5 Å². The van der Waals surface area contributed by atoms with Gasteiger partial charge in [0.2, 0.25) is 5.91 Å². The number of nitrogens with zero attached hydrogens (tertiary/aromatic N) is 3. The molecule has 4 heteroatoms. The van der Waals surface area contributed by atoms with Crippen molar-refractivity contribution in [3.05, 3.63) is 66.2 Å². The Kier molecular flexibility index (Phi) is 4.26. The van der Waals surface area contributed by atoms with Crippen LogP contribution in [0.4, 0.5) is 0 Å². The molecular formula is C21H23N3O. The maximum Gasteiger partial charge on any atom is 0.227 e. The number of likely N-dealkylation sites (tertiary alicyclic amines) is 1. The Morgan fingerprint density at radius 3 is 2.84 bits per heavy atom. The Morgan fingerprint density at radius 2 is 2.04 bits per heavy atom. The zero-order valence-electron chi connectivity index (χ0n) is 14.6. The van der Waals surface area contributed by atoms with Gasteiger partial charge in [0, 0.05) is 38.4 Å². The molecule has 3 aromatic rings. The first-order valence-corrected chi connectivity index (χ1v) is 8.93. The minimum absolute atomic E-state index is 0.217. The standard InChI is InChI=1S/C21H23N3O/c1-23-12-10-22-21(23)19-7-4-11-24(15-19)20(25)14-16-8-9-17-5-2-3-6-18(17)13-16/h2-3,5-6,8-10,12-13,19H,4,7,11,14-15H2,1H3/t19-/m0/s1. The number of benzene rings is 2. The number of carbonyl (C=O) groups excluding carboxylic acids is 1. The molecule has 0 spiro atoms. The molecular weight excluding hydrogens is 310 g/mol. The number of rotatable bonds is 3. The zero-order valence-corrected chi connectivity index (χ0v) is 14.6. The van der Waals surface area contributed by atoms with E-state index < -0.39 is 0 Å². The lowest BCUT2D eigenvalue weighted by atomic mass is 9.96. The number of carbonyl (C=O) groups is 1. The van der Waals surface area contributed by atoms with E-state index in [-0.39, 0.29) is 5.91 Å². The van der Waals surface area contributed by atoms with Crippen LogP contribution in [0.1, 0.15) is 30.1 Å². The van der Waals surface area contributed by atoms with Crippen molar-refractivity contribution < 1.29 is 4.79 Å². The van der Waals surface area contributed by atoms with Crippen molar-refractivity contribution in [1.29, 1.82) is 0 Å². The maximum absolute atomic E-state index is 12.8. The molecule has 1 amide bonds. The Bertz CT molecular complexity index is 899. The number of fused-ring (bicyclic) bond motifs is 1. The van der Waals surface area contributed by atoms with Gasteiger partial charge in [-0.05, 0) is 29.2 Å². The van der Waals surface area contributed by atoms with Gasteiger partial charge in [-0.1, -0.05) is 42.5 Å². The summed E-state index contributed by atoms with van der Waals surface area (Å²) >= 11 is 0. The highest BCUT2D eigenvalue weighted by atomic mass is 16.2. The molecule has 0 bridgehead atoms. The summed E-state index contributed by atoms with van der Waals surface area (Å²) in [7, 11) is 2.03. The molecule has 0 aliphatic carbocycles. The molecule has 2 heterocycles. The van der Waals surface area contributed by atoms with Crippen molar-refractivity contribution in [1.82, 2.24) is 14.5 Å². The highest BCUT2D eigenvalue weighted by molar-refractivity contribution is 5.85. The summed E-state index contributed by atoms with van der Waals surface area (Å²) in [5.74, 6) is 1.65. The monoisotopic (exact) mass is 333 g/mol. The van der Waals surface area contributed by atoms with E-state index in [0.29, 0.717) is 12.3 Å². The van der Waals surface area contributed by atoms with E-state index in [4.69, 9.17) is 0 Å². The minimum atomic E-state index is 0.217. The SMILES string of the molecule is Cn1ccnc1[C@H]1CCCN(C(=O)Cc2ccc3ccccc3c2)C1. The molecule has 4 nitrogen and oxygen atoms in total. The van der Waals surface area contributed by atoms with Crippen LogP contribution in [0.3, 0.4) is 0 Å². The number of aromatic nitrogens is 2. The average Bonchev–Trinajstić information content (AvgIpc) is 3.08. The molecule has 1 fully saturated rings. The predicted molar refractivity (Wildman–Crippen MR) is 99.4 cm³/mol. The minimum Gasteiger partial charge on any atom is -0.342 e. The Balaban J connectivity index is 1.47. The van der Waals surface area contributed by atoms with Gasteiger partial charge in [-0.3, -0.25) is 4.79 Å². The smallest absolute Gasteiger partial charge is 0.227 e. The number of aryl methyl sites for hydroxylation is 1. The summed E-state index contributed by atoms with van der Waals surface area (Å²) in [5, 5.41) is 2.41. The van der Waals surface area contributed by atoms with Crippen molar-refractivity contribution in [3.8, 4) is 0 Å². The predicted octanol–water partition coefficient (Wildman–Crippen LogP) is 3.52. The van der Waals surface area contributed by atoms with Gasteiger partial charge in [0.05, 0.1) is 6.42 Å². The van der Waals surface area contributed by atoms with Crippen LogP contribution in [0.5, 0.6) is 0 Å². The summed E-state index contributed by atoms with van der Waals surface area (Å²) in [4.78, 5) is 19.3. The van der Waals surface area contributed by atoms with Crippen LogP contribution >= 0.6 is 0 Å². The van der Waals surface area contributed by atoms with Gasteiger partial charge in [0.1, 0.15) is 5.82 Å². The number of piperidine rings is 1. The summed E-state index contributed by atoms with van der Waals surface area (Å²) < 4.78 is 2.07. The van der Waals surface area contributed by atoms with E-state index in [2.05, 4.69) is 39.9 Å². The van der Waals surface area contributed by atoms with Crippen molar-refractivity contribution >= 4 is 16.7 Å². The number of hydrogen-bond donors (Lipinski definition) is 0. The van der Waals surface area contributed by atoms with Gasteiger partial charge in [0.25, 0.3) is 0 Å². The lowest BCUT2D eigenvalue weighted by Crippen LogP contribution is -2.40. The van der Waals surface area contributed by atoms with E-state index >= 15 is 0 Å². The number of imidazole rings is 1. The molecule has 1 aliphatic heterocycles. The Labute approximate surface area is 148 Å². The molecule has 128 valence electrons. The first-order valence-electron chi connectivity index (χ1n) is 8.93. The maximum atomic E-state index is 12.8. The van der Waals surface area contributed by atoms with E-state index in [9.17, 15) is 4.79 Å². The second-order valence-corrected chi connectivity index (χ2v) is 6.93. The summed E-state index contributed by atoms with van der Waals surface area (Å²) in [6.07, 6.45) is 6.43. The third-order valence-electron chi connectivity index (χ3n) is 5.17. The van der Waals surface area contributed by atoms with Gasteiger partial charge >= 0.3 is 0 Å².